The van der Waals surface area contributed by atoms with Crippen LogP contribution in [-0.4, -0.2) is 47.3 Å². The molecular formula is C11H16IN3O5. The van der Waals surface area contributed by atoms with E-state index in [9.17, 15) is 9.59 Å². The van der Waals surface area contributed by atoms with Crippen LogP contribution >= 0.6 is 23.0 Å². The molecule has 0 amide bonds. The number of aromatic amines is 1. The number of hydrogen-bond donors (Lipinski definition) is 1. The highest BCUT2D eigenvalue weighted by Crippen LogP contribution is 2.17. The van der Waals surface area contributed by atoms with Crippen LogP contribution < -0.4 is 11.2 Å². The summed E-state index contributed by atoms with van der Waals surface area (Å²) in [5.41, 5.74) is -0.399. The minimum absolute atomic E-state index is 0.215. The molecule has 0 bridgehead atoms. The van der Waals surface area contributed by atoms with E-state index in [1.165, 1.54) is 10.8 Å². The van der Waals surface area contributed by atoms with Gasteiger partial charge in [0.25, 0.3) is 5.56 Å². The summed E-state index contributed by atoms with van der Waals surface area (Å²) < 4.78 is 11.7. The van der Waals surface area contributed by atoms with Crippen molar-refractivity contribution in [3.05, 3.63) is 32.6 Å². The van der Waals surface area contributed by atoms with Gasteiger partial charge in [0.1, 0.15) is 6.61 Å². The van der Waals surface area contributed by atoms with Gasteiger partial charge >= 0.3 is 5.69 Å². The summed E-state index contributed by atoms with van der Waals surface area (Å²) in [6.45, 7) is 3.13. The van der Waals surface area contributed by atoms with Crippen molar-refractivity contribution in [3.8, 4) is 0 Å². The van der Waals surface area contributed by atoms with Crippen LogP contribution in [0.3, 0.4) is 0 Å². The molecule has 0 saturated carbocycles. The number of likely N-dealkylation sites (N-methyl/N-ethyl adjacent to an activating group) is 1. The van der Waals surface area contributed by atoms with E-state index in [1.54, 1.807) is 29.9 Å². The van der Waals surface area contributed by atoms with E-state index >= 15 is 0 Å². The van der Waals surface area contributed by atoms with Gasteiger partial charge in [0.2, 0.25) is 0 Å². The normalized spacial score (nSPS) is 23.9. The van der Waals surface area contributed by atoms with Crippen molar-refractivity contribution in [2.75, 3.05) is 26.7 Å². The van der Waals surface area contributed by atoms with E-state index in [1.807, 2.05) is 11.9 Å². The smallest absolute Gasteiger partial charge is 0.330 e. The Morgan fingerprint density at radius 3 is 2.95 bits per heavy atom. The lowest BCUT2D eigenvalue weighted by Gasteiger charge is -2.36. The molecule has 9 heteroatoms. The summed E-state index contributed by atoms with van der Waals surface area (Å²) in [5, 5.41) is 0. The summed E-state index contributed by atoms with van der Waals surface area (Å²) in [6, 6.07) is 0. The summed E-state index contributed by atoms with van der Waals surface area (Å²) in [4.78, 5) is 32.4. The SMILES string of the molecule is Cc1cn(C2CN(C)CC(COOI)O2)c(=O)[nH]c1=O. The van der Waals surface area contributed by atoms with Gasteiger partial charge in [0, 0.05) is 24.8 Å². The minimum Gasteiger partial charge on any atom is -0.349 e. The second kappa shape index (κ2) is 6.80. The monoisotopic (exact) mass is 397 g/mol. The molecule has 1 aliphatic heterocycles. The predicted molar refractivity (Wildman–Crippen MR) is 78.5 cm³/mol. The number of nitrogens with zero attached hydrogens (tertiary/aromatic N) is 2. The molecule has 8 nitrogen and oxygen atoms in total. The highest BCUT2D eigenvalue weighted by Gasteiger charge is 2.28. The Bertz CT molecular complexity index is 572. The zero-order chi connectivity index (χ0) is 14.7. The molecule has 1 saturated heterocycles. The first-order valence-electron chi connectivity index (χ1n) is 6.07. The number of morpholine rings is 1. The van der Waals surface area contributed by atoms with Crippen LogP contribution in [0.15, 0.2) is 15.8 Å². The minimum atomic E-state index is -0.481. The third-order valence-electron chi connectivity index (χ3n) is 3.09. The van der Waals surface area contributed by atoms with E-state index in [-0.39, 0.29) is 18.3 Å². The zero-order valence-electron chi connectivity index (χ0n) is 11.2. The molecule has 1 N–H and O–H groups in total. The fraction of sp³-hybridized carbons (Fsp3) is 0.636. The second-order valence-electron chi connectivity index (χ2n) is 4.76. The Morgan fingerprint density at radius 2 is 2.25 bits per heavy atom. The molecular weight excluding hydrogens is 381 g/mol. The highest BCUT2D eigenvalue weighted by molar-refractivity contribution is 14.1. The van der Waals surface area contributed by atoms with Gasteiger partial charge in [-0.2, -0.15) is 3.22 Å². The Balaban J connectivity index is 2.21. The number of H-pyrrole nitrogens is 1. The number of nitrogens with one attached hydrogen (secondary N) is 1. The summed E-state index contributed by atoms with van der Waals surface area (Å²) in [6.07, 6.45) is 0.824. The molecule has 0 radical (unpaired) electrons. The number of aryl methyl sites for hydroxylation is 1. The Morgan fingerprint density at radius 1 is 1.50 bits per heavy atom. The molecule has 2 heterocycles. The fourth-order valence-electron chi connectivity index (χ4n) is 2.14. The van der Waals surface area contributed by atoms with Crippen molar-refractivity contribution < 1.29 is 12.8 Å². The van der Waals surface area contributed by atoms with Gasteiger partial charge < -0.3 is 4.74 Å². The van der Waals surface area contributed by atoms with Crippen molar-refractivity contribution in [1.29, 1.82) is 0 Å². The summed E-state index contributed by atoms with van der Waals surface area (Å²) in [7, 11) is 1.93. The van der Waals surface area contributed by atoms with E-state index in [2.05, 4.69) is 8.20 Å². The van der Waals surface area contributed by atoms with Crippen LogP contribution in [0.5, 0.6) is 0 Å². The van der Waals surface area contributed by atoms with Crippen LogP contribution in [0.25, 0.3) is 0 Å². The van der Waals surface area contributed by atoms with E-state index in [0.29, 0.717) is 18.7 Å². The first-order chi connectivity index (χ1) is 9.51. The standard InChI is InChI=1S/C11H16IN3O5/c1-7-3-15(11(17)13-10(7)16)9-5-14(2)4-8(19-9)6-18-20-12/h3,8-9H,4-6H2,1-2H3,(H,13,16,17). The molecule has 112 valence electrons. The van der Waals surface area contributed by atoms with Gasteiger partial charge in [0.05, 0.1) is 6.10 Å². The maximum Gasteiger partial charge on any atom is 0.330 e. The molecule has 0 spiro atoms. The molecule has 1 aromatic rings. The molecule has 0 aliphatic carbocycles. The Labute approximate surface area is 129 Å². The fourth-order valence-corrected chi connectivity index (χ4v) is 2.29. The average Bonchev–Trinajstić information content (AvgIpc) is 2.40. The van der Waals surface area contributed by atoms with Gasteiger partial charge in [-0.15, -0.1) is 0 Å². The lowest BCUT2D eigenvalue weighted by atomic mass is 10.2. The van der Waals surface area contributed by atoms with Gasteiger partial charge in [-0.05, 0) is 14.0 Å². The molecule has 20 heavy (non-hydrogen) atoms. The van der Waals surface area contributed by atoms with E-state index < -0.39 is 11.9 Å². The van der Waals surface area contributed by atoms with Crippen molar-refractivity contribution in [3.63, 3.8) is 0 Å². The van der Waals surface area contributed by atoms with E-state index in [0.717, 1.165) is 0 Å². The van der Waals surface area contributed by atoms with Gasteiger partial charge in [0.15, 0.2) is 29.2 Å². The maximum absolute atomic E-state index is 11.9. The average molecular weight is 397 g/mol. The third kappa shape index (κ3) is 3.67. The summed E-state index contributed by atoms with van der Waals surface area (Å²) in [5.74, 6) is 0. The van der Waals surface area contributed by atoms with Gasteiger partial charge in [-0.25, -0.2) is 9.68 Å². The van der Waals surface area contributed by atoms with Crippen LogP contribution in [0.1, 0.15) is 11.8 Å². The van der Waals surface area contributed by atoms with E-state index in [4.69, 9.17) is 9.62 Å². The quantitative estimate of drug-likeness (QED) is 0.437. The third-order valence-corrected chi connectivity index (χ3v) is 3.34. The van der Waals surface area contributed by atoms with Crippen LogP contribution in [0, 0.1) is 6.92 Å². The van der Waals surface area contributed by atoms with Crippen LogP contribution in [-0.2, 0) is 12.8 Å². The highest BCUT2D eigenvalue weighted by atomic mass is 127. The largest absolute Gasteiger partial charge is 0.349 e. The maximum atomic E-state index is 11.9. The molecule has 0 aromatic carbocycles. The van der Waals surface area contributed by atoms with Crippen molar-refractivity contribution in [1.82, 2.24) is 14.5 Å². The molecule has 2 rings (SSSR count). The number of aromatic nitrogens is 2. The Hall–Kier alpha value is -0.750. The van der Waals surface area contributed by atoms with Crippen LogP contribution in [0.2, 0.25) is 0 Å². The predicted octanol–water partition coefficient (Wildman–Crippen LogP) is -0.0276. The molecule has 1 aromatic heterocycles. The van der Waals surface area contributed by atoms with Crippen molar-refractivity contribution in [2.24, 2.45) is 0 Å². The van der Waals surface area contributed by atoms with Crippen molar-refractivity contribution >= 4 is 23.0 Å². The molecule has 1 aliphatic rings. The van der Waals surface area contributed by atoms with Gasteiger partial charge in [-0.3, -0.25) is 19.2 Å². The number of hydrogen-bond acceptors (Lipinski definition) is 6. The van der Waals surface area contributed by atoms with Crippen molar-refractivity contribution in [2.45, 2.75) is 19.3 Å². The first-order valence-corrected chi connectivity index (χ1v) is 6.95. The Kier molecular flexibility index (Phi) is 5.32. The molecule has 2 unspecified atom stereocenters. The topological polar surface area (TPSA) is 85.8 Å². The summed E-state index contributed by atoms with van der Waals surface area (Å²) >= 11 is 1.63. The van der Waals surface area contributed by atoms with Crippen LogP contribution in [0.4, 0.5) is 0 Å². The molecule has 2 atom stereocenters. The first kappa shape index (κ1) is 15.6. The molecule has 1 fully saturated rings. The zero-order valence-corrected chi connectivity index (χ0v) is 13.3. The van der Waals surface area contributed by atoms with Gasteiger partial charge in [-0.1, -0.05) is 0 Å². The lowest BCUT2D eigenvalue weighted by Crippen LogP contribution is -2.48. The number of ether oxygens (including phenoxy) is 1. The second-order valence-corrected chi connectivity index (χ2v) is 5.12. The number of halogens is 1. The number of rotatable bonds is 4. The lowest BCUT2D eigenvalue weighted by molar-refractivity contribution is -0.220.